The van der Waals surface area contributed by atoms with Crippen LogP contribution in [-0.2, 0) is 9.59 Å². The van der Waals surface area contributed by atoms with Crippen LogP contribution >= 0.6 is 0 Å². The zero-order valence-corrected chi connectivity index (χ0v) is 11.2. The maximum Gasteiger partial charge on any atom is 0.303 e. The molecule has 5 heteroatoms. The van der Waals surface area contributed by atoms with E-state index in [0.29, 0.717) is 30.6 Å². The fourth-order valence-corrected chi connectivity index (χ4v) is 3.73. The fourth-order valence-electron chi connectivity index (χ4n) is 3.73. The lowest BCUT2D eigenvalue weighted by Crippen LogP contribution is -2.48. The van der Waals surface area contributed by atoms with Crippen molar-refractivity contribution in [3.8, 4) is 0 Å². The van der Waals surface area contributed by atoms with E-state index in [1.165, 1.54) is 0 Å². The van der Waals surface area contributed by atoms with Gasteiger partial charge in [0.15, 0.2) is 0 Å². The van der Waals surface area contributed by atoms with E-state index in [9.17, 15) is 9.59 Å². The molecule has 0 spiro atoms. The Morgan fingerprint density at radius 2 is 1.74 bits per heavy atom. The Morgan fingerprint density at radius 1 is 1.11 bits per heavy atom. The molecule has 1 amide bonds. The van der Waals surface area contributed by atoms with Gasteiger partial charge in [-0.05, 0) is 44.4 Å². The number of fused-ring (bicyclic) bond motifs is 2. The summed E-state index contributed by atoms with van der Waals surface area (Å²) in [4.78, 5) is 25.0. The number of aliphatic carboxylic acids is 1. The summed E-state index contributed by atoms with van der Waals surface area (Å²) in [6, 6.07) is 1.27. The van der Waals surface area contributed by atoms with Crippen LogP contribution in [0.3, 0.4) is 0 Å². The van der Waals surface area contributed by atoms with Crippen LogP contribution in [0, 0.1) is 5.92 Å². The lowest BCUT2D eigenvalue weighted by molar-refractivity contribution is -0.139. The van der Waals surface area contributed by atoms with Gasteiger partial charge in [0, 0.05) is 24.5 Å². The smallest absolute Gasteiger partial charge is 0.303 e. The average Bonchev–Trinajstić information content (AvgIpc) is 3.08. The van der Waals surface area contributed by atoms with Crippen LogP contribution in [0.15, 0.2) is 0 Å². The molecule has 0 radical (unpaired) electrons. The molecule has 3 aliphatic rings. The summed E-state index contributed by atoms with van der Waals surface area (Å²) >= 11 is 0. The van der Waals surface area contributed by atoms with E-state index in [0.717, 1.165) is 38.5 Å². The number of hydrogen-bond acceptors (Lipinski definition) is 3. The summed E-state index contributed by atoms with van der Waals surface area (Å²) in [6.07, 6.45) is 6.67. The van der Waals surface area contributed by atoms with Gasteiger partial charge < -0.3 is 10.4 Å². The van der Waals surface area contributed by atoms with Gasteiger partial charge in [-0.3, -0.25) is 14.5 Å². The van der Waals surface area contributed by atoms with Gasteiger partial charge in [0.2, 0.25) is 5.91 Å². The van der Waals surface area contributed by atoms with E-state index in [1.54, 1.807) is 0 Å². The predicted molar refractivity (Wildman–Crippen MR) is 69.7 cm³/mol. The van der Waals surface area contributed by atoms with E-state index in [-0.39, 0.29) is 12.3 Å². The van der Waals surface area contributed by atoms with Gasteiger partial charge in [0.1, 0.15) is 0 Å². The molecule has 2 atom stereocenters. The topological polar surface area (TPSA) is 69.6 Å². The molecule has 2 unspecified atom stereocenters. The Hall–Kier alpha value is -1.10. The lowest BCUT2D eigenvalue weighted by atomic mass is 9.88. The maximum absolute atomic E-state index is 11.9. The van der Waals surface area contributed by atoms with Crippen molar-refractivity contribution in [1.82, 2.24) is 10.2 Å². The predicted octanol–water partition coefficient (Wildman–Crippen LogP) is 0.983. The highest BCUT2D eigenvalue weighted by Gasteiger charge is 2.42. The highest BCUT2D eigenvalue weighted by Crippen LogP contribution is 2.39. The molecule has 2 aliphatic heterocycles. The number of carbonyl (C=O) groups is 2. The first-order valence-corrected chi connectivity index (χ1v) is 7.38. The third-order valence-corrected chi connectivity index (χ3v) is 4.71. The highest BCUT2D eigenvalue weighted by molar-refractivity contribution is 5.78. The van der Waals surface area contributed by atoms with Crippen molar-refractivity contribution < 1.29 is 14.7 Å². The first kappa shape index (κ1) is 12.9. The summed E-state index contributed by atoms with van der Waals surface area (Å²) in [5.41, 5.74) is 0. The molecule has 2 bridgehead atoms. The molecule has 2 N–H and O–H groups in total. The van der Waals surface area contributed by atoms with Crippen LogP contribution < -0.4 is 5.32 Å². The lowest BCUT2D eigenvalue weighted by Gasteiger charge is -2.38. The minimum atomic E-state index is -0.690. The molecule has 3 rings (SSSR count). The summed E-state index contributed by atoms with van der Waals surface area (Å²) in [5.74, 6) is -0.238. The van der Waals surface area contributed by atoms with Crippen LogP contribution in [0.5, 0.6) is 0 Å². The largest absolute Gasteiger partial charge is 0.481 e. The van der Waals surface area contributed by atoms with Crippen LogP contribution in [-0.4, -0.2) is 46.6 Å². The number of carboxylic acids is 1. The second-order valence-electron chi connectivity index (χ2n) is 6.33. The second-order valence-corrected chi connectivity index (χ2v) is 6.33. The molecule has 3 fully saturated rings. The van der Waals surface area contributed by atoms with Crippen molar-refractivity contribution in [2.24, 2.45) is 5.92 Å². The zero-order chi connectivity index (χ0) is 13.4. The molecule has 19 heavy (non-hydrogen) atoms. The standard InChI is InChI=1S/C14H22N2O3/c17-13(15-10-1-2-10)8-16-11-3-4-12(16)6-9(5-11)7-14(18)19/h9-12H,1-8H2,(H,15,17)(H,18,19). The number of piperidine rings is 1. The number of rotatable bonds is 5. The molecule has 0 aromatic rings. The summed E-state index contributed by atoms with van der Waals surface area (Å²) in [7, 11) is 0. The van der Waals surface area contributed by atoms with Crippen molar-refractivity contribution in [1.29, 1.82) is 0 Å². The molecule has 0 aromatic carbocycles. The SMILES string of the molecule is O=C(O)CC1CC2CCC(C1)N2CC(=O)NC1CC1. The summed E-state index contributed by atoms with van der Waals surface area (Å²) in [5, 5.41) is 11.9. The summed E-state index contributed by atoms with van der Waals surface area (Å²) < 4.78 is 0. The Balaban J connectivity index is 1.53. The molecule has 0 aromatic heterocycles. The van der Waals surface area contributed by atoms with Crippen molar-refractivity contribution in [3.63, 3.8) is 0 Å². The first-order chi connectivity index (χ1) is 9.11. The normalized spacial score (nSPS) is 34.2. The van der Waals surface area contributed by atoms with E-state index >= 15 is 0 Å². The fraction of sp³-hybridized carbons (Fsp3) is 0.857. The number of nitrogens with one attached hydrogen (secondary N) is 1. The average molecular weight is 266 g/mol. The van der Waals surface area contributed by atoms with Crippen molar-refractivity contribution >= 4 is 11.9 Å². The number of amides is 1. The Bertz CT molecular complexity index is 367. The zero-order valence-electron chi connectivity index (χ0n) is 11.2. The summed E-state index contributed by atoms with van der Waals surface area (Å²) in [6.45, 7) is 0.506. The molecular formula is C14H22N2O3. The van der Waals surface area contributed by atoms with Crippen LogP contribution in [0.4, 0.5) is 0 Å². The van der Waals surface area contributed by atoms with E-state index in [2.05, 4.69) is 10.2 Å². The Labute approximate surface area is 113 Å². The van der Waals surface area contributed by atoms with Crippen molar-refractivity contribution in [3.05, 3.63) is 0 Å². The Kier molecular flexibility index (Phi) is 3.48. The monoisotopic (exact) mass is 266 g/mol. The van der Waals surface area contributed by atoms with Crippen LogP contribution in [0.2, 0.25) is 0 Å². The van der Waals surface area contributed by atoms with Crippen LogP contribution in [0.25, 0.3) is 0 Å². The van der Waals surface area contributed by atoms with Gasteiger partial charge in [0.05, 0.1) is 6.54 Å². The molecule has 1 saturated carbocycles. The third-order valence-electron chi connectivity index (χ3n) is 4.71. The van der Waals surface area contributed by atoms with Crippen molar-refractivity contribution in [2.75, 3.05) is 6.54 Å². The molecular weight excluding hydrogens is 244 g/mol. The number of carboxylic acid groups (broad SMARTS) is 1. The molecule has 2 heterocycles. The number of nitrogens with zero attached hydrogens (tertiary/aromatic N) is 1. The number of hydrogen-bond donors (Lipinski definition) is 2. The molecule has 106 valence electrons. The quantitative estimate of drug-likeness (QED) is 0.778. The van der Waals surface area contributed by atoms with E-state index in [4.69, 9.17) is 5.11 Å². The van der Waals surface area contributed by atoms with Gasteiger partial charge in [-0.15, -0.1) is 0 Å². The minimum Gasteiger partial charge on any atom is -0.481 e. The molecule has 5 nitrogen and oxygen atoms in total. The third kappa shape index (κ3) is 3.08. The van der Waals surface area contributed by atoms with Gasteiger partial charge >= 0.3 is 5.97 Å². The van der Waals surface area contributed by atoms with Gasteiger partial charge in [-0.25, -0.2) is 0 Å². The first-order valence-electron chi connectivity index (χ1n) is 7.38. The van der Waals surface area contributed by atoms with Gasteiger partial charge in [-0.1, -0.05) is 0 Å². The Morgan fingerprint density at radius 3 is 2.26 bits per heavy atom. The maximum atomic E-state index is 11.9. The molecule has 1 aliphatic carbocycles. The van der Waals surface area contributed by atoms with E-state index < -0.39 is 5.97 Å². The number of carbonyl (C=O) groups excluding carboxylic acids is 1. The minimum absolute atomic E-state index is 0.149. The van der Waals surface area contributed by atoms with Crippen LogP contribution in [0.1, 0.15) is 44.9 Å². The second kappa shape index (κ2) is 5.12. The van der Waals surface area contributed by atoms with E-state index in [1.807, 2.05) is 0 Å². The highest BCUT2D eigenvalue weighted by atomic mass is 16.4. The molecule has 2 saturated heterocycles. The van der Waals surface area contributed by atoms with Gasteiger partial charge in [0.25, 0.3) is 0 Å². The van der Waals surface area contributed by atoms with Gasteiger partial charge in [-0.2, -0.15) is 0 Å². The van der Waals surface area contributed by atoms with Crippen molar-refractivity contribution in [2.45, 2.75) is 63.1 Å².